The van der Waals surface area contributed by atoms with Crippen LogP contribution in [0.1, 0.15) is 26.5 Å². The molecule has 39 heavy (non-hydrogen) atoms. The molecule has 0 saturated heterocycles. The Hall–Kier alpha value is -5.08. The largest absolute Gasteiger partial charge is 0.450 e. The fraction of sp³-hybridized carbons (Fsp3) is 0.0333. The van der Waals surface area contributed by atoms with Crippen molar-refractivity contribution in [2.24, 2.45) is 0 Å². The van der Waals surface area contributed by atoms with Gasteiger partial charge in [0.2, 0.25) is 0 Å². The lowest BCUT2D eigenvalue weighted by Crippen LogP contribution is -2.22. The SMILES string of the molecule is O=C(COC(=O)c1nc(-c2ccccc2)n(-c2ccccc2)n1)Nc1ccc(Cl)cc1C(=O)c1ccccc1. The fourth-order valence-electron chi connectivity index (χ4n) is 3.86. The number of aromatic nitrogens is 3. The number of carbonyl (C=O) groups is 3. The first kappa shape index (κ1) is 25.6. The lowest BCUT2D eigenvalue weighted by atomic mass is 10.0. The zero-order chi connectivity index (χ0) is 27.2. The van der Waals surface area contributed by atoms with Crippen LogP contribution in [0, 0.1) is 0 Å². The molecule has 0 saturated carbocycles. The molecular formula is C30H21ClN4O4. The number of rotatable bonds is 8. The third-order valence-corrected chi connectivity index (χ3v) is 5.93. The van der Waals surface area contributed by atoms with E-state index in [1.807, 2.05) is 60.7 Å². The van der Waals surface area contributed by atoms with Crippen LogP contribution >= 0.6 is 11.6 Å². The van der Waals surface area contributed by atoms with Crippen LogP contribution in [0.5, 0.6) is 0 Å². The Kier molecular flexibility index (Phi) is 7.56. The summed E-state index contributed by atoms with van der Waals surface area (Å²) in [4.78, 5) is 42.9. The number of nitrogens with one attached hydrogen (secondary N) is 1. The summed E-state index contributed by atoms with van der Waals surface area (Å²) in [6.07, 6.45) is 0. The number of ketones is 1. The van der Waals surface area contributed by atoms with Gasteiger partial charge in [0, 0.05) is 21.7 Å². The maximum Gasteiger partial charge on any atom is 0.378 e. The molecule has 0 fully saturated rings. The van der Waals surface area contributed by atoms with Gasteiger partial charge in [-0.2, -0.15) is 0 Å². The second kappa shape index (κ2) is 11.5. The molecule has 192 valence electrons. The van der Waals surface area contributed by atoms with Crippen molar-refractivity contribution in [3.63, 3.8) is 0 Å². The summed E-state index contributed by atoms with van der Waals surface area (Å²) in [5.74, 6) is -1.57. The maximum atomic E-state index is 13.0. The van der Waals surface area contributed by atoms with Crippen molar-refractivity contribution in [1.29, 1.82) is 0 Å². The van der Waals surface area contributed by atoms with Crippen molar-refractivity contribution >= 4 is 34.9 Å². The van der Waals surface area contributed by atoms with Gasteiger partial charge >= 0.3 is 5.97 Å². The maximum absolute atomic E-state index is 13.0. The van der Waals surface area contributed by atoms with Crippen molar-refractivity contribution in [2.75, 3.05) is 11.9 Å². The van der Waals surface area contributed by atoms with Crippen LogP contribution in [0.4, 0.5) is 5.69 Å². The Labute approximate surface area is 228 Å². The van der Waals surface area contributed by atoms with Crippen LogP contribution < -0.4 is 5.32 Å². The quantitative estimate of drug-likeness (QED) is 0.204. The van der Waals surface area contributed by atoms with E-state index in [0.717, 1.165) is 5.56 Å². The summed E-state index contributed by atoms with van der Waals surface area (Å²) in [6.45, 7) is -0.610. The Morgan fingerprint density at radius 1 is 0.821 bits per heavy atom. The highest BCUT2D eigenvalue weighted by molar-refractivity contribution is 6.31. The number of benzene rings is 4. The van der Waals surface area contributed by atoms with Crippen LogP contribution in [0.2, 0.25) is 5.02 Å². The Morgan fingerprint density at radius 2 is 1.46 bits per heavy atom. The molecule has 0 bridgehead atoms. The van der Waals surface area contributed by atoms with E-state index in [9.17, 15) is 14.4 Å². The molecule has 4 aromatic carbocycles. The van der Waals surface area contributed by atoms with E-state index in [0.29, 0.717) is 22.1 Å². The average molecular weight is 537 g/mol. The predicted molar refractivity (Wildman–Crippen MR) is 147 cm³/mol. The number of para-hydroxylation sites is 1. The van der Waals surface area contributed by atoms with E-state index in [1.165, 1.54) is 12.1 Å². The van der Waals surface area contributed by atoms with Crippen molar-refractivity contribution in [2.45, 2.75) is 0 Å². The molecule has 8 nitrogen and oxygen atoms in total. The Morgan fingerprint density at radius 3 is 2.15 bits per heavy atom. The van der Waals surface area contributed by atoms with Gasteiger partial charge in [0.15, 0.2) is 18.2 Å². The predicted octanol–water partition coefficient (Wildman–Crippen LogP) is 5.61. The van der Waals surface area contributed by atoms with Gasteiger partial charge < -0.3 is 10.1 Å². The monoisotopic (exact) mass is 536 g/mol. The molecule has 1 heterocycles. The number of ether oxygens (including phenoxy) is 1. The number of halogens is 1. The number of carbonyl (C=O) groups excluding carboxylic acids is 3. The van der Waals surface area contributed by atoms with Crippen LogP contribution in [0.3, 0.4) is 0 Å². The van der Waals surface area contributed by atoms with Gasteiger partial charge in [-0.1, -0.05) is 90.5 Å². The summed E-state index contributed by atoms with van der Waals surface area (Å²) in [6, 6.07) is 31.7. The minimum absolute atomic E-state index is 0.197. The first-order valence-electron chi connectivity index (χ1n) is 11.9. The molecule has 0 aliphatic heterocycles. The molecule has 0 unspecified atom stereocenters. The minimum Gasteiger partial charge on any atom is -0.450 e. The van der Waals surface area contributed by atoms with E-state index in [2.05, 4.69) is 15.4 Å². The first-order valence-corrected chi connectivity index (χ1v) is 12.3. The van der Waals surface area contributed by atoms with Gasteiger partial charge in [0.25, 0.3) is 11.7 Å². The summed E-state index contributed by atoms with van der Waals surface area (Å²) in [5.41, 5.74) is 2.36. The van der Waals surface area contributed by atoms with Crippen molar-refractivity contribution in [3.05, 3.63) is 131 Å². The first-order chi connectivity index (χ1) is 19.0. The summed E-state index contributed by atoms with van der Waals surface area (Å²) < 4.78 is 6.75. The molecule has 0 spiro atoms. The summed E-state index contributed by atoms with van der Waals surface area (Å²) in [5, 5.41) is 7.30. The zero-order valence-corrected chi connectivity index (χ0v) is 21.2. The topological polar surface area (TPSA) is 103 Å². The highest BCUT2D eigenvalue weighted by Crippen LogP contribution is 2.24. The average Bonchev–Trinajstić information content (AvgIpc) is 3.44. The highest BCUT2D eigenvalue weighted by Gasteiger charge is 2.22. The van der Waals surface area contributed by atoms with Crippen LogP contribution in [0.15, 0.2) is 109 Å². The van der Waals surface area contributed by atoms with E-state index < -0.39 is 18.5 Å². The lowest BCUT2D eigenvalue weighted by molar-refractivity contribution is -0.119. The van der Waals surface area contributed by atoms with Gasteiger partial charge in [0.05, 0.1) is 11.4 Å². The van der Waals surface area contributed by atoms with Gasteiger partial charge in [0.1, 0.15) is 0 Å². The Balaban J connectivity index is 1.32. The highest BCUT2D eigenvalue weighted by atomic mass is 35.5. The lowest BCUT2D eigenvalue weighted by Gasteiger charge is -2.11. The molecule has 1 aromatic heterocycles. The molecule has 1 N–H and O–H groups in total. The van der Waals surface area contributed by atoms with Crippen LogP contribution in [-0.4, -0.2) is 39.0 Å². The van der Waals surface area contributed by atoms with Crippen LogP contribution in [0.25, 0.3) is 17.1 Å². The van der Waals surface area contributed by atoms with Crippen molar-refractivity contribution in [3.8, 4) is 17.1 Å². The zero-order valence-electron chi connectivity index (χ0n) is 20.5. The molecule has 0 atom stereocenters. The third kappa shape index (κ3) is 5.92. The normalized spacial score (nSPS) is 10.6. The molecule has 1 amide bonds. The second-order valence-corrected chi connectivity index (χ2v) is 8.82. The van der Waals surface area contributed by atoms with E-state index in [4.69, 9.17) is 16.3 Å². The molecule has 5 rings (SSSR count). The third-order valence-electron chi connectivity index (χ3n) is 5.69. The second-order valence-electron chi connectivity index (χ2n) is 8.38. The van der Waals surface area contributed by atoms with Crippen molar-refractivity contribution < 1.29 is 19.1 Å². The summed E-state index contributed by atoms with van der Waals surface area (Å²) >= 11 is 6.11. The number of esters is 1. The van der Waals surface area contributed by atoms with Gasteiger partial charge in [-0.3, -0.25) is 9.59 Å². The number of anilines is 1. The van der Waals surface area contributed by atoms with Gasteiger partial charge in [-0.25, -0.2) is 14.5 Å². The molecular weight excluding hydrogens is 516 g/mol. The van der Waals surface area contributed by atoms with Crippen molar-refractivity contribution in [1.82, 2.24) is 14.8 Å². The molecule has 0 aliphatic carbocycles. The van der Waals surface area contributed by atoms with E-state index in [1.54, 1.807) is 41.1 Å². The molecule has 5 aromatic rings. The smallest absolute Gasteiger partial charge is 0.378 e. The number of hydrogen-bond donors (Lipinski definition) is 1. The van der Waals surface area contributed by atoms with E-state index in [-0.39, 0.29) is 22.9 Å². The number of amides is 1. The van der Waals surface area contributed by atoms with E-state index >= 15 is 0 Å². The molecule has 0 aliphatic rings. The fourth-order valence-corrected chi connectivity index (χ4v) is 4.03. The molecule has 0 radical (unpaired) electrons. The number of hydrogen-bond acceptors (Lipinski definition) is 6. The number of nitrogens with zero attached hydrogens (tertiary/aromatic N) is 3. The summed E-state index contributed by atoms with van der Waals surface area (Å²) in [7, 11) is 0. The van der Waals surface area contributed by atoms with Gasteiger partial charge in [-0.05, 0) is 30.3 Å². The van der Waals surface area contributed by atoms with Gasteiger partial charge in [-0.15, -0.1) is 5.10 Å². The standard InChI is InChI=1S/C30H21ClN4O4/c31-22-16-17-25(24(18-22)27(37)20-10-4-1-5-11-20)32-26(36)19-39-30(38)28-33-29(21-12-6-2-7-13-21)35(34-28)23-14-8-3-9-15-23/h1-18H,19H2,(H,32,36). The van der Waals surface area contributed by atoms with Crippen LogP contribution in [-0.2, 0) is 9.53 Å². The minimum atomic E-state index is -0.867. The Bertz CT molecular complexity index is 1580. The molecule has 9 heteroatoms.